The Morgan fingerprint density at radius 1 is 1.37 bits per heavy atom. The molecule has 0 aliphatic heterocycles. The molecule has 0 aromatic carbocycles. The number of ether oxygens (including phenoxy) is 1. The van der Waals surface area contributed by atoms with Crippen LogP contribution < -0.4 is 5.32 Å². The van der Waals surface area contributed by atoms with E-state index >= 15 is 0 Å². The highest BCUT2D eigenvalue weighted by atomic mass is 32.1. The number of hydrogen-bond donors (Lipinski definition) is 1. The summed E-state index contributed by atoms with van der Waals surface area (Å²) in [7, 11) is 0. The van der Waals surface area contributed by atoms with Crippen molar-refractivity contribution >= 4 is 23.2 Å². The van der Waals surface area contributed by atoms with E-state index in [-0.39, 0.29) is 24.7 Å². The lowest BCUT2D eigenvalue weighted by Crippen LogP contribution is -2.28. The van der Waals surface area contributed by atoms with Crippen LogP contribution in [0.5, 0.6) is 0 Å². The first-order chi connectivity index (χ1) is 8.87. The van der Waals surface area contributed by atoms with Gasteiger partial charge in [0.2, 0.25) is 5.91 Å². The molecule has 19 heavy (non-hydrogen) atoms. The SMILES string of the molecule is CC(C)(C)OC(=O)CCC(=O)NCCc1cscn1. The normalized spacial score (nSPS) is 11.1. The zero-order valence-electron chi connectivity index (χ0n) is 11.6. The summed E-state index contributed by atoms with van der Waals surface area (Å²) in [4.78, 5) is 27.0. The van der Waals surface area contributed by atoms with E-state index in [9.17, 15) is 9.59 Å². The molecule has 5 nitrogen and oxygen atoms in total. The van der Waals surface area contributed by atoms with Crippen molar-refractivity contribution in [3.05, 3.63) is 16.6 Å². The zero-order valence-corrected chi connectivity index (χ0v) is 12.4. The van der Waals surface area contributed by atoms with Crippen LogP contribution in [0, 0.1) is 0 Å². The molecule has 1 N–H and O–H groups in total. The van der Waals surface area contributed by atoms with E-state index in [2.05, 4.69) is 10.3 Å². The minimum absolute atomic E-state index is 0.111. The van der Waals surface area contributed by atoms with Crippen molar-refractivity contribution in [3.8, 4) is 0 Å². The molecular formula is C13H20N2O3S. The van der Waals surface area contributed by atoms with E-state index in [1.165, 1.54) is 11.3 Å². The second kappa shape index (κ2) is 7.23. The Labute approximate surface area is 117 Å². The monoisotopic (exact) mass is 284 g/mol. The Morgan fingerprint density at radius 3 is 2.68 bits per heavy atom. The van der Waals surface area contributed by atoms with E-state index in [4.69, 9.17) is 4.74 Å². The quantitative estimate of drug-likeness (QED) is 0.810. The first-order valence-corrected chi connectivity index (χ1v) is 7.17. The molecule has 0 spiro atoms. The number of thiazole rings is 1. The van der Waals surface area contributed by atoms with Crippen LogP contribution in [-0.2, 0) is 20.7 Å². The van der Waals surface area contributed by atoms with Crippen LogP contribution in [0.1, 0.15) is 39.3 Å². The van der Waals surface area contributed by atoms with Gasteiger partial charge in [-0.1, -0.05) is 0 Å². The first-order valence-electron chi connectivity index (χ1n) is 6.22. The van der Waals surface area contributed by atoms with Gasteiger partial charge in [0, 0.05) is 24.8 Å². The predicted molar refractivity (Wildman–Crippen MR) is 73.9 cm³/mol. The number of nitrogens with one attached hydrogen (secondary N) is 1. The van der Waals surface area contributed by atoms with Crippen molar-refractivity contribution in [3.63, 3.8) is 0 Å². The second-order valence-electron chi connectivity index (χ2n) is 5.17. The number of hydrogen-bond acceptors (Lipinski definition) is 5. The van der Waals surface area contributed by atoms with Gasteiger partial charge in [-0.05, 0) is 20.8 Å². The first kappa shape index (κ1) is 15.6. The van der Waals surface area contributed by atoms with E-state index < -0.39 is 5.60 Å². The highest BCUT2D eigenvalue weighted by Gasteiger charge is 2.16. The van der Waals surface area contributed by atoms with Crippen molar-refractivity contribution < 1.29 is 14.3 Å². The minimum atomic E-state index is -0.502. The summed E-state index contributed by atoms with van der Waals surface area (Å²) in [6.45, 7) is 5.95. The Morgan fingerprint density at radius 2 is 2.11 bits per heavy atom. The third kappa shape index (κ3) is 7.56. The van der Waals surface area contributed by atoms with Crippen LogP contribution in [0.2, 0.25) is 0 Å². The Hall–Kier alpha value is -1.43. The average molecular weight is 284 g/mol. The van der Waals surface area contributed by atoms with Gasteiger partial charge in [0.25, 0.3) is 0 Å². The van der Waals surface area contributed by atoms with Gasteiger partial charge in [0.05, 0.1) is 17.6 Å². The van der Waals surface area contributed by atoms with E-state index in [1.807, 2.05) is 5.38 Å². The van der Waals surface area contributed by atoms with Gasteiger partial charge >= 0.3 is 5.97 Å². The van der Waals surface area contributed by atoms with Crippen molar-refractivity contribution in [2.24, 2.45) is 0 Å². The number of carbonyl (C=O) groups excluding carboxylic acids is 2. The number of amides is 1. The van der Waals surface area contributed by atoms with Crippen molar-refractivity contribution in [2.75, 3.05) is 6.54 Å². The number of carbonyl (C=O) groups is 2. The fraction of sp³-hybridized carbons (Fsp3) is 0.615. The lowest BCUT2D eigenvalue weighted by atomic mass is 10.2. The maximum Gasteiger partial charge on any atom is 0.306 e. The predicted octanol–water partition coefficient (Wildman–Crippen LogP) is 1.92. The molecule has 0 bridgehead atoms. The molecule has 1 aromatic rings. The van der Waals surface area contributed by atoms with E-state index in [1.54, 1.807) is 26.3 Å². The molecule has 1 heterocycles. The van der Waals surface area contributed by atoms with Crippen LogP contribution in [0.3, 0.4) is 0 Å². The van der Waals surface area contributed by atoms with Crippen LogP contribution >= 0.6 is 11.3 Å². The molecule has 6 heteroatoms. The highest BCUT2D eigenvalue weighted by Crippen LogP contribution is 2.09. The van der Waals surface area contributed by atoms with Gasteiger partial charge in [0.1, 0.15) is 5.60 Å². The summed E-state index contributed by atoms with van der Waals surface area (Å²) in [5.41, 5.74) is 2.23. The fourth-order valence-corrected chi connectivity index (χ4v) is 1.98. The van der Waals surface area contributed by atoms with Gasteiger partial charge in [-0.2, -0.15) is 0 Å². The molecular weight excluding hydrogens is 264 g/mol. The fourth-order valence-electron chi connectivity index (χ4n) is 1.39. The smallest absolute Gasteiger partial charge is 0.306 e. The largest absolute Gasteiger partial charge is 0.460 e. The molecule has 0 fully saturated rings. The molecule has 1 rings (SSSR count). The van der Waals surface area contributed by atoms with E-state index in [0.717, 1.165) is 5.69 Å². The highest BCUT2D eigenvalue weighted by molar-refractivity contribution is 7.07. The standard InChI is InChI=1S/C13H20N2O3S/c1-13(2,3)18-12(17)5-4-11(16)14-7-6-10-8-19-9-15-10/h8-9H,4-7H2,1-3H3,(H,14,16). The summed E-state index contributed by atoms with van der Waals surface area (Å²) in [6, 6.07) is 0. The Balaban J connectivity index is 2.12. The summed E-state index contributed by atoms with van der Waals surface area (Å²) < 4.78 is 5.12. The van der Waals surface area contributed by atoms with Crippen LogP contribution in [0.4, 0.5) is 0 Å². The topological polar surface area (TPSA) is 68.3 Å². The van der Waals surface area contributed by atoms with Crippen LogP contribution in [-0.4, -0.2) is 29.0 Å². The molecule has 0 saturated heterocycles. The zero-order chi connectivity index (χ0) is 14.3. The molecule has 0 unspecified atom stereocenters. The average Bonchev–Trinajstić information content (AvgIpc) is 2.77. The van der Waals surface area contributed by atoms with Gasteiger partial charge in [0.15, 0.2) is 0 Å². The van der Waals surface area contributed by atoms with Crippen LogP contribution in [0.15, 0.2) is 10.9 Å². The molecule has 0 aliphatic carbocycles. The lowest BCUT2D eigenvalue weighted by molar-refractivity contribution is -0.155. The number of aromatic nitrogens is 1. The van der Waals surface area contributed by atoms with Gasteiger partial charge in [-0.25, -0.2) is 4.98 Å². The molecule has 1 aromatic heterocycles. The maximum atomic E-state index is 11.5. The Bertz CT molecular complexity index is 410. The molecule has 0 radical (unpaired) electrons. The number of rotatable bonds is 6. The second-order valence-corrected chi connectivity index (χ2v) is 5.88. The molecule has 0 atom stereocenters. The summed E-state index contributed by atoms with van der Waals surface area (Å²) in [5, 5.41) is 4.71. The minimum Gasteiger partial charge on any atom is -0.460 e. The Kier molecular flexibility index (Phi) is 5.95. The third-order valence-corrected chi connectivity index (χ3v) is 2.80. The summed E-state index contributed by atoms with van der Waals surface area (Å²) in [5.74, 6) is -0.483. The van der Waals surface area contributed by atoms with Crippen LogP contribution in [0.25, 0.3) is 0 Å². The van der Waals surface area contributed by atoms with Crippen molar-refractivity contribution in [1.29, 1.82) is 0 Å². The number of nitrogens with zero attached hydrogens (tertiary/aromatic N) is 1. The lowest BCUT2D eigenvalue weighted by Gasteiger charge is -2.19. The van der Waals surface area contributed by atoms with Crippen molar-refractivity contribution in [1.82, 2.24) is 10.3 Å². The number of esters is 1. The molecule has 0 aliphatic rings. The summed E-state index contributed by atoms with van der Waals surface area (Å²) >= 11 is 1.53. The molecule has 106 valence electrons. The maximum absolute atomic E-state index is 11.5. The third-order valence-electron chi connectivity index (χ3n) is 2.16. The van der Waals surface area contributed by atoms with Crippen molar-refractivity contribution in [2.45, 2.75) is 45.6 Å². The van der Waals surface area contributed by atoms with Gasteiger partial charge < -0.3 is 10.1 Å². The van der Waals surface area contributed by atoms with E-state index in [0.29, 0.717) is 13.0 Å². The van der Waals surface area contributed by atoms with Gasteiger partial charge in [-0.15, -0.1) is 11.3 Å². The summed E-state index contributed by atoms with van der Waals surface area (Å²) in [6.07, 6.45) is 0.980. The molecule has 1 amide bonds. The molecule has 0 saturated carbocycles. The van der Waals surface area contributed by atoms with Gasteiger partial charge in [-0.3, -0.25) is 9.59 Å².